The summed E-state index contributed by atoms with van der Waals surface area (Å²) in [5.41, 5.74) is 1.98. The molecule has 0 spiro atoms. The molecule has 3 heterocycles. The summed E-state index contributed by atoms with van der Waals surface area (Å²) in [6.07, 6.45) is 8.19. The van der Waals surface area contributed by atoms with E-state index in [2.05, 4.69) is 32.0 Å². The molecule has 0 bridgehead atoms. The zero-order valence-electron chi connectivity index (χ0n) is 18.4. The number of benzene rings is 1. The van der Waals surface area contributed by atoms with Crippen LogP contribution in [0.25, 0.3) is 11.4 Å². The first-order chi connectivity index (χ1) is 16.1. The van der Waals surface area contributed by atoms with E-state index in [1.54, 1.807) is 30.6 Å². The monoisotopic (exact) mass is 463 g/mol. The Morgan fingerprint density at radius 3 is 2.94 bits per heavy atom. The van der Waals surface area contributed by atoms with Gasteiger partial charge in [0.2, 0.25) is 0 Å². The molecule has 1 aliphatic carbocycles. The van der Waals surface area contributed by atoms with Crippen LogP contribution in [-0.4, -0.2) is 43.8 Å². The first kappa shape index (κ1) is 21.6. The third-order valence-corrected chi connectivity index (χ3v) is 7.19. The fourth-order valence-corrected chi connectivity index (χ4v) is 5.40. The standard InChI is InChI=1S/C24H25N5O3S/c1-15-5-2-3-7-19(15)29-23(17-6-4-10-25-12-17)27-28-24(29)33-14-20(30)16-8-9-21-18(11-16)26-22(31)13-32-21/h4,6,8-12,15,19H,2-3,5,7,13-14H2,1H3,(H,26,31). The first-order valence-electron chi connectivity index (χ1n) is 11.2. The number of rotatable bonds is 6. The van der Waals surface area contributed by atoms with Crippen LogP contribution in [0.5, 0.6) is 5.75 Å². The van der Waals surface area contributed by atoms with E-state index in [4.69, 9.17) is 4.74 Å². The molecule has 1 N–H and O–H groups in total. The lowest BCUT2D eigenvalue weighted by atomic mass is 9.85. The fourth-order valence-electron chi connectivity index (χ4n) is 4.52. The average Bonchev–Trinajstić information content (AvgIpc) is 3.26. The van der Waals surface area contributed by atoms with Crippen molar-refractivity contribution >= 4 is 29.1 Å². The van der Waals surface area contributed by atoms with Gasteiger partial charge in [-0.2, -0.15) is 0 Å². The number of Topliss-reactive ketones (excluding diaryl/α,β-unsaturated/α-hetero) is 1. The van der Waals surface area contributed by atoms with Crippen LogP contribution in [0, 0.1) is 5.92 Å². The Labute approximate surface area is 196 Å². The molecule has 33 heavy (non-hydrogen) atoms. The summed E-state index contributed by atoms with van der Waals surface area (Å²) in [6.45, 7) is 2.27. The molecule has 2 atom stereocenters. The van der Waals surface area contributed by atoms with Gasteiger partial charge in [-0.1, -0.05) is 31.5 Å². The summed E-state index contributed by atoms with van der Waals surface area (Å²) in [4.78, 5) is 28.8. The number of hydrogen-bond acceptors (Lipinski definition) is 7. The van der Waals surface area contributed by atoms with Gasteiger partial charge in [0.1, 0.15) is 5.75 Å². The lowest BCUT2D eigenvalue weighted by Gasteiger charge is -2.31. The Morgan fingerprint density at radius 2 is 2.12 bits per heavy atom. The number of carbonyl (C=O) groups excluding carboxylic acids is 2. The Kier molecular flexibility index (Phi) is 6.13. The third kappa shape index (κ3) is 4.50. The van der Waals surface area contributed by atoms with Crippen molar-refractivity contribution in [3.63, 3.8) is 0 Å². The zero-order valence-corrected chi connectivity index (χ0v) is 19.2. The maximum absolute atomic E-state index is 13.0. The Morgan fingerprint density at radius 1 is 1.24 bits per heavy atom. The van der Waals surface area contributed by atoms with Crippen molar-refractivity contribution in [3.8, 4) is 17.1 Å². The number of nitrogens with one attached hydrogen (secondary N) is 1. The maximum atomic E-state index is 13.0. The second-order valence-corrected chi connectivity index (χ2v) is 9.45. The normalized spacial score (nSPS) is 20.0. The van der Waals surface area contributed by atoms with Crippen LogP contribution in [0.15, 0.2) is 47.9 Å². The predicted octanol–water partition coefficient (Wildman–Crippen LogP) is 4.40. The molecule has 9 heteroatoms. The number of ketones is 1. The van der Waals surface area contributed by atoms with Crippen molar-refractivity contribution in [2.45, 2.75) is 43.8 Å². The lowest BCUT2D eigenvalue weighted by molar-refractivity contribution is -0.118. The number of ether oxygens (including phenoxy) is 1. The molecule has 2 aromatic heterocycles. The molecule has 2 unspecified atom stereocenters. The Balaban J connectivity index is 1.39. The second-order valence-electron chi connectivity index (χ2n) is 8.51. The Bertz CT molecular complexity index is 1180. The zero-order chi connectivity index (χ0) is 22.8. The van der Waals surface area contributed by atoms with Crippen molar-refractivity contribution in [2.24, 2.45) is 5.92 Å². The number of thioether (sulfide) groups is 1. The predicted molar refractivity (Wildman–Crippen MR) is 126 cm³/mol. The van der Waals surface area contributed by atoms with Crippen molar-refractivity contribution in [3.05, 3.63) is 48.3 Å². The molecule has 3 aromatic rings. The lowest BCUT2D eigenvalue weighted by Crippen LogP contribution is -2.25. The topological polar surface area (TPSA) is 99.0 Å². The second kappa shape index (κ2) is 9.35. The smallest absolute Gasteiger partial charge is 0.262 e. The molecule has 1 fully saturated rings. The molecule has 2 aliphatic rings. The van der Waals surface area contributed by atoms with E-state index in [0.29, 0.717) is 22.9 Å². The van der Waals surface area contributed by atoms with E-state index in [1.165, 1.54) is 31.0 Å². The molecule has 0 radical (unpaired) electrons. The minimum absolute atomic E-state index is 0.00927. The third-order valence-electron chi connectivity index (χ3n) is 6.25. The van der Waals surface area contributed by atoms with Crippen LogP contribution in [-0.2, 0) is 4.79 Å². The minimum Gasteiger partial charge on any atom is -0.482 e. The van der Waals surface area contributed by atoms with Gasteiger partial charge < -0.3 is 10.1 Å². The van der Waals surface area contributed by atoms with Crippen LogP contribution >= 0.6 is 11.8 Å². The number of aromatic nitrogens is 4. The number of anilines is 1. The number of amides is 1. The van der Waals surface area contributed by atoms with Crippen LogP contribution < -0.4 is 10.1 Å². The molecular weight excluding hydrogens is 438 g/mol. The van der Waals surface area contributed by atoms with E-state index < -0.39 is 0 Å². The van der Waals surface area contributed by atoms with Gasteiger partial charge >= 0.3 is 0 Å². The van der Waals surface area contributed by atoms with Gasteiger partial charge in [0.25, 0.3) is 5.91 Å². The molecule has 0 saturated heterocycles. The van der Waals surface area contributed by atoms with Gasteiger partial charge in [0, 0.05) is 29.6 Å². The van der Waals surface area contributed by atoms with Crippen molar-refractivity contribution < 1.29 is 14.3 Å². The summed E-state index contributed by atoms with van der Waals surface area (Å²) in [7, 11) is 0. The van der Waals surface area contributed by atoms with Crippen LogP contribution in [0.1, 0.15) is 49.0 Å². The number of carbonyl (C=O) groups is 2. The quantitative estimate of drug-likeness (QED) is 0.427. The van der Waals surface area contributed by atoms with Crippen LogP contribution in [0.2, 0.25) is 0 Å². The molecule has 8 nitrogen and oxygen atoms in total. The molecule has 170 valence electrons. The van der Waals surface area contributed by atoms with Crippen LogP contribution in [0.4, 0.5) is 5.69 Å². The summed E-state index contributed by atoms with van der Waals surface area (Å²) in [5.74, 6) is 1.83. The van der Waals surface area contributed by atoms with E-state index in [0.717, 1.165) is 23.0 Å². The van der Waals surface area contributed by atoms with Crippen LogP contribution in [0.3, 0.4) is 0 Å². The van der Waals surface area contributed by atoms with E-state index in [-0.39, 0.29) is 30.1 Å². The molecule has 1 saturated carbocycles. The van der Waals surface area contributed by atoms with Gasteiger partial charge in [0.05, 0.1) is 11.4 Å². The number of nitrogens with zero attached hydrogens (tertiary/aromatic N) is 4. The average molecular weight is 464 g/mol. The molecule has 1 aliphatic heterocycles. The fraction of sp³-hybridized carbons (Fsp3) is 0.375. The highest BCUT2D eigenvalue weighted by Crippen LogP contribution is 2.39. The molecular formula is C24H25N5O3S. The van der Waals surface area contributed by atoms with Crippen molar-refractivity contribution in [1.29, 1.82) is 0 Å². The SMILES string of the molecule is CC1CCCCC1n1c(SCC(=O)c2ccc3c(c2)NC(=O)CO3)nnc1-c1cccnc1. The number of fused-ring (bicyclic) bond motifs is 1. The van der Waals surface area contributed by atoms with E-state index in [1.807, 2.05) is 12.1 Å². The molecule has 1 aromatic carbocycles. The summed E-state index contributed by atoms with van der Waals surface area (Å²) in [5, 5.41) is 12.5. The van der Waals surface area contributed by atoms with E-state index in [9.17, 15) is 9.59 Å². The summed E-state index contributed by atoms with van der Waals surface area (Å²) >= 11 is 1.40. The summed E-state index contributed by atoms with van der Waals surface area (Å²) < 4.78 is 7.59. The summed E-state index contributed by atoms with van der Waals surface area (Å²) in [6, 6.07) is 9.30. The highest BCUT2D eigenvalue weighted by atomic mass is 32.2. The first-order valence-corrected chi connectivity index (χ1v) is 12.2. The highest BCUT2D eigenvalue weighted by Gasteiger charge is 2.29. The molecule has 5 rings (SSSR count). The maximum Gasteiger partial charge on any atom is 0.262 e. The van der Waals surface area contributed by atoms with Gasteiger partial charge in [0.15, 0.2) is 23.4 Å². The van der Waals surface area contributed by atoms with Crippen molar-refractivity contribution in [1.82, 2.24) is 19.7 Å². The molecule has 1 amide bonds. The van der Waals surface area contributed by atoms with Gasteiger partial charge in [-0.25, -0.2) is 0 Å². The minimum atomic E-state index is -0.223. The Hall–Kier alpha value is -3.20. The van der Waals surface area contributed by atoms with Gasteiger partial charge in [-0.15, -0.1) is 10.2 Å². The van der Waals surface area contributed by atoms with Gasteiger partial charge in [-0.05, 0) is 49.1 Å². The van der Waals surface area contributed by atoms with E-state index >= 15 is 0 Å². The van der Waals surface area contributed by atoms with Crippen molar-refractivity contribution in [2.75, 3.05) is 17.7 Å². The van der Waals surface area contributed by atoms with Gasteiger partial charge in [-0.3, -0.25) is 19.1 Å². The largest absolute Gasteiger partial charge is 0.482 e. The number of pyridine rings is 1. The number of hydrogen-bond donors (Lipinski definition) is 1. The highest BCUT2D eigenvalue weighted by molar-refractivity contribution is 7.99.